The second-order valence-electron chi connectivity index (χ2n) is 8.11. The minimum absolute atomic E-state index is 0.217. The zero-order chi connectivity index (χ0) is 23.2. The highest BCUT2D eigenvalue weighted by molar-refractivity contribution is 5.15. The first kappa shape index (κ1) is 27.4. The summed E-state index contributed by atoms with van der Waals surface area (Å²) in [5.41, 5.74) is 2.71. The Labute approximate surface area is 200 Å². The van der Waals surface area contributed by atoms with Gasteiger partial charge < -0.3 is 25.2 Å². The molecule has 0 aliphatic rings. The molecule has 2 rings (SSSR count). The second-order valence-corrected chi connectivity index (χ2v) is 8.11. The van der Waals surface area contributed by atoms with Gasteiger partial charge in [0.15, 0.2) is 0 Å². The van der Waals surface area contributed by atoms with Crippen molar-refractivity contribution in [2.75, 3.05) is 78.8 Å². The Hall–Kier alpha value is -1.80. The van der Waals surface area contributed by atoms with Crippen LogP contribution in [0.4, 0.5) is 0 Å². The average Bonchev–Trinajstić information content (AvgIpc) is 2.86. The maximum absolute atomic E-state index is 9.16. The molecule has 0 amide bonds. The summed E-state index contributed by atoms with van der Waals surface area (Å²) in [6.07, 6.45) is 2.86. The number of hydrogen-bond acceptors (Lipinski definition) is 6. The molecule has 0 aromatic heterocycles. The maximum Gasteiger partial charge on any atom is 0.0594 e. The van der Waals surface area contributed by atoms with Crippen LogP contribution in [0.25, 0.3) is 0 Å². The van der Waals surface area contributed by atoms with Gasteiger partial charge in [-0.3, -0.25) is 4.90 Å². The zero-order valence-electron chi connectivity index (χ0n) is 20.1. The van der Waals surface area contributed by atoms with E-state index in [0.29, 0.717) is 26.4 Å². The molecule has 0 saturated carbocycles. The van der Waals surface area contributed by atoms with Gasteiger partial charge in [0.1, 0.15) is 0 Å². The van der Waals surface area contributed by atoms with Crippen LogP contribution in [-0.2, 0) is 22.3 Å². The fourth-order valence-electron chi connectivity index (χ4n) is 3.51. The van der Waals surface area contributed by atoms with Gasteiger partial charge in [-0.15, -0.1) is 0 Å². The van der Waals surface area contributed by atoms with Crippen molar-refractivity contribution in [2.45, 2.75) is 19.3 Å². The third-order valence-electron chi connectivity index (χ3n) is 5.45. The first-order valence-electron chi connectivity index (χ1n) is 12.4. The summed E-state index contributed by atoms with van der Waals surface area (Å²) in [7, 11) is 0. The molecule has 184 valence electrons. The fourth-order valence-corrected chi connectivity index (χ4v) is 3.51. The number of nitrogens with zero attached hydrogens (tertiary/aromatic N) is 1. The minimum Gasteiger partial charge on any atom is -0.396 e. The van der Waals surface area contributed by atoms with Gasteiger partial charge in [0.05, 0.1) is 26.4 Å². The van der Waals surface area contributed by atoms with Crippen LogP contribution in [0.5, 0.6) is 0 Å². The van der Waals surface area contributed by atoms with Gasteiger partial charge in [-0.25, -0.2) is 0 Å². The summed E-state index contributed by atoms with van der Waals surface area (Å²) in [6, 6.07) is 21.0. The molecule has 2 aromatic carbocycles. The second kappa shape index (κ2) is 19.6. The number of ether oxygens (including phenoxy) is 2. The van der Waals surface area contributed by atoms with Gasteiger partial charge in [0.2, 0.25) is 0 Å². The monoisotopic (exact) mass is 457 g/mol. The Bertz CT molecular complexity index is 617. The predicted molar refractivity (Wildman–Crippen MR) is 136 cm³/mol. The van der Waals surface area contributed by atoms with Gasteiger partial charge in [0.25, 0.3) is 0 Å². The number of aliphatic hydroxyl groups is 1. The van der Waals surface area contributed by atoms with E-state index in [1.807, 2.05) is 12.1 Å². The van der Waals surface area contributed by atoms with Crippen LogP contribution in [0.1, 0.15) is 17.5 Å². The number of nitrogens with one attached hydrogen (secondary N) is 2. The number of aliphatic hydroxyl groups excluding tert-OH is 1. The molecule has 0 aliphatic heterocycles. The average molecular weight is 458 g/mol. The van der Waals surface area contributed by atoms with Gasteiger partial charge in [-0.2, -0.15) is 0 Å². The van der Waals surface area contributed by atoms with E-state index >= 15 is 0 Å². The van der Waals surface area contributed by atoms with Crippen molar-refractivity contribution >= 4 is 0 Å². The SMILES string of the molecule is OCCCN(CCOCCNCCc1ccccc1)CCOCCNCCc1ccccc1. The lowest BCUT2D eigenvalue weighted by molar-refractivity contribution is 0.0734. The molecular weight excluding hydrogens is 414 g/mol. The normalized spacial score (nSPS) is 11.3. The van der Waals surface area contributed by atoms with Crippen molar-refractivity contribution in [1.29, 1.82) is 0 Å². The van der Waals surface area contributed by atoms with Crippen molar-refractivity contribution in [1.82, 2.24) is 15.5 Å². The Balaban J connectivity index is 1.42. The van der Waals surface area contributed by atoms with Crippen LogP contribution in [0, 0.1) is 0 Å². The molecule has 6 heteroatoms. The Morgan fingerprint density at radius 2 is 1.09 bits per heavy atom. The van der Waals surface area contributed by atoms with Gasteiger partial charge in [-0.05, 0) is 43.5 Å². The van der Waals surface area contributed by atoms with Crippen molar-refractivity contribution in [3.8, 4) is 0 Å². The summed E-state index contributed by atoms with van der Waals surface area (Å²) in [4.78, 5) is 2.31. The van der Waals surface area contributed by atoms with Gasteiger partial charge in [-0.1, -0.05) is 60.7 Å². The lowest BCUT2D eigenvalue weighted by atomic mass is 10.1. The summed E-state index contributed by atoms with van der Waals surface area (Å²) >= 11 is 0. The van der Waals surface area contributed by atoms with Crippen LogP contribution < -0.4 is 10.6 Å². The lowest BCUT2D eigenvalue weighted by Gasteiger charge is -2.22. The van der Waals surface area contributed by atoms with Crippen LogP contribution in [0.15, 0.2) is 60.7 Å². The number of rotatable bonds is 21. The largest absolute Gasteiger partial charge is 0.396 e. The number of benzene rings is 2. The summed E-state index contributed by atoms with van der Waals surface area (Å²) in [6.45, 7) is 9.31. The van der Waals surface area contributed by atoms with Gasteiger partial charge in [0, 0.05) is 39.3 Å². The number of hydrogen-bond donors (Lipinski definition) is 3. The highest BCUT2D eigenvalue weighted by Gasteiger charge is 2.05. The first-order chi connectivity index (χ1) is 16.4. The zero-order valence-corrected chi connectivity index (χ0v) is 20.1. The third kappa shape index (κ3) is 14.9. The van der Waals surface area contributed by atoms with E-state index in [-0.39, 0.29) is 6.61 Å². The maximum atomic E-state index is 9.16. The highest BCUT2D eigenvalue weighted by atomic mass is 16.5. The van der Waals surface area contributed by atoms with E-state index < -0.39 is 0 Å². The Morgan fingerprint density at radius 1 is 0.606 bits per heavy atom. The predicted octanol–water partition coefficient (Wildman–Crippen LogP) is 2.37. The van der Waals surface area contributed by atoms with E-state index in [2.05, 4.69) is 64.1 Å². The van der Waals surface area contributed by atoms with Crippen molar-refractivity contribution in [3.63, 3.8) is 0 Å². The van der Waals surface area contributed by atoms with Crippen molar-refractivity contribution < 1.29 is 14.6 Å². The molecule has 0 unspecified atom stereocenters. The van der Waals surface area contributed by atoms with E-state index in [9.17, 15) is 0 Å². The molecule has 0 atom stereocenters. The van der Waals surface area contributed by atoms with Gasteiger partial charge >= 0.3 is 0 Å². The molecule has 0 heterocycles. The Kier molecular flexibility index (Phi) is 16.3. The summed E-state index contributed by atoms with van der Waals surface area (Å²) < 4.78 is 11.6. The Morgan fingerprint density at radius 3 is 1.55 bits per heavy atom. The van der Waals surface area contributed by atoms with Crippen LogP contribution in [-0.4, -0.2) is 88.9 Å². The van der Waals surface area contributed by atoms with Crippen molar-refractivity contribution in [2.24, 2.45) is 0 Å². The topological polar surface area (TPSA) is 66.0 Å². The molecule has 0 bridgehead atoms. The minimum atomic E-state index is 0.217. The molecule has 0 fully saturated rings. The van der Waals surface area contributed by atoms with Crippen LogP contribution in [0.2, 0.25) is 0 Å². The first-order valence-corrected chi connectivity index (χ1v) is 12.4. The van der Waals surface area contributed by atoms with Crippen LogP contribution in [0.3, 0.4) is 0 Å². The fraction of sp³-hybridized carbons (Fsp3) is 0.556. The molecule has 0 aliphatic carbocycles. The lowest BCUT2D eigenvalue weighted by Crippen LogP contribution is -2.33. The molecular formula is C27H43N3O3. The van der Waals surface area contributed by atoms with Crippen LogP contribution >= 0.6 is 0 Å². The standard InChI is InChI=1S/C27H43N3O3/c31-21-7-18-30(19-24-32-22-16-28-14-12-26-8-3-1-4-9-26)20-25-33-23-17-29-15-13-27-10-5-2-6-11-27/h1-6,8-11,28-29,31H,7,12-25H2. The van der Waals surface area contributed by atoms with Crippen molar-refractivity contribution in [3.05, 3.63) is 71.8 Å². The molecule has 0 spiro atoms. The van der Waals surface area contributed by atoms with E-state index in [4.69, 9.17) is 14.6 Å². The third-order valence-corrected chi connectivity index (χ3v) is 5.45. The molecule has 6 nitrogen and oxygen atoms in total. The summed E-state index contributed by atoms with van der Waals surface area (Å²) in [5.74, 6) is 0. The van der Waals surface area contributed by atoms with E-state index in [1.54, 1.807) is 0 Å². The summed E-state index contributed by atoms with van der Waals surface area (Å²) in [5, 5.41) is 16.0. The smallest absolute Gasteiger partial charge is 0.0594 e. The molecule has 33 heavy (non-hydrogen) atoms. The van der Waals surface area contributed by atoms with E-state index in [1.165, 1.54) is 11.1 Å². The van der Waals surface area contributed by atoms with E-state index in [0.717, 1.165) is 65.1 Å². The molecule has 3 N–H and O–H groups in total. The highest BCUT2D eigenvalue weighted by Crippen LogP contribution is 1.99. The molecule has 0 saturated heterocycles. The molecule has 0 radical (unpaired) electrons. The molecule has 2 aromatic rings. The quantitative estimate of drug-likeness (QED) is 0.250.